The third-order valence-electron chi connectivity index (χ3n) is 2.45. The number of carbonyl (C=O) groups is 1. The first-order valence-corrected chi connectivity index (χ1v) is 4.84. The highest BCUT2D eigenvalue weighted by Crippen LogP contribution is 2.19. The predicted octanol–water partition coefficient (Wildman–Crippen LogP) is 1.44. The summed E-state index contributed by atoms with van der Waals surface area (Å²) in [7, 11) is 1.73. The molecule has 0 aliphatic carbocycles. The third-order valence-corrected chi connectivity index (χ3v) is 2.45. The molecule has 1 aliphatic heterocycles. The van der Waals surface area contributed by atoms with Crippen LogP contribution in [0.5, 0.6) is 5.75 Å². The molecule has 80 valence electrons. The lowest BCUT2D eigenvalue weighted by Gasteiger charge is -2.12. The van der Waals surface area contributed by atoms with E-state index in [4.69, 9.17) is 4.74 Å². The van der Waals surface area contributed by atoms with Crippen molar-refractivity contribution < 1.29 is 13.9 Å². The zero-order valence-corrected chi connectivity index (χ0v) is 8.44. The molecule has 0 bridgehead atoms. The van der Waals surface area contributed by atoms with E-state index in [1.165, 1.54) is 12.1 Å². The first kappa shape index (κ1) is 9.96. The van der Waals surface area contributed by atoms with Crippen molar-refractivity contribution in [3.63, 3.8) is 0 Å². The lowest BCUT2D eigenvalue weighted by molar-refractivity contribution is -0.132. The lowest BCUT2D eigenvalue weighted by Crippen LogP contribution is -2.29. The van der Waals surface area contributed by atoms with Gasteiger partial charge in [0.15, 0.2) is 6.10 Å². The van der Waals surface area contributed by atoms with E-state index in [0.29, 0.717) is 18.7 Å². The first-order valence-electron chi connectivity index (χ1n) is 4.84. The quantitative estimate of drug-likeness (QED) is 0.737. The van der Waals surface area contributed by atoms with Gasteiger partial charge in [-0.15, -0.1) is 0 Å². The molecule has 1 heterocycles. The highest BCUT2D eigenvalue weighted by Gasteiger charge is 2.30. The van der Waals surface area contributed by atoms with Gasteiger partial charge in [-0.3, -0.25) is 4.79 Å². The van der Waals surface area contributed by atoms with Crippen LogP contribution < -0.4 is 4.74 Å². The van der Waals surface area contributed by atoms with Crippen molar-refractivity contribution in [1.29, 1.82) is 0 Å². The van der Waals surface area contributed by atoms with Gasteiger partial charge in [0, 0.05) is 26.1 Å². The molecule has 1 fully saturated rings. The standard InChI is InChI=1S/C11H12FNO2/c1-13-6-5-10(11(13)14)15-9-4-2-3-8(12)7-9/h2-4,7,10H,5-6H2,1H3/t10-/m1/s1. The van der Waals surface area contributed by atoms with E-state index in [1.54, 1.807) is 24.1 Å². The predicted molar refractivity (Wildman–Crippen MR) is 53.1 cm³/mol. The molecule has 4 heteroatoms. The fraction of sp³-hybridized carbons (Fsp3) is 0.364. The second-order valence-corrected chi connectivity index (χ2v) is 3.61. The van der Waals surface area contributed by atoms with Crippen LogP contribution in [0.1, 0.15) is 6.42 Å². The Kier molecular flexibility index (Phi) is 2.58. The normalized spacial score (nSPS) is 20.8. The Balaban J connectivity index is 2.06. The van der Waals surface area contributed by atoms with E-state index >= 15 is 0 Å². The van der Waals surface area contributed by atoms with Crippen molar-refractivity contribution in [2.75, 3.05) is 13.6 Å². The molecule has 1 amide bonds. The van der Waals surface area contributed by atoms with E-state index in [0.717, 1.165) is 0 Å². The topological polar surface area (TPSA) is 29.5 Å². The average Bonchev–Trinajstić information content (AvgIpc) is 2.50. The van der Waals surface area contributed by atoms with Crippen molar-refractivity contribution in [2.45, 2.75) is 12.5 Å². The highest BCUT2D eigenvalue weighted by molar-refractivity contribution is 5.83. The highest BCUT2D eigenvalue weighted by atomic mass is 19.1. The van der Waals surface area contributed by atoms with Crippen LogP contribution in [-0.4, -0.2) is 30.5 Å². The Morgan fingerprint density at radius 3 is 2.93 bits per heavy atom. The van der Waals surface area contributed by atoms with Gasteiger partial charge in [0.1, 0.15) is 11.6 Å². The summed E-state index contributed by atoms with van der Waals surface area (Å²) >= 11 is 0. The maximum absolute atomic E-state index is 12.8. The maximum atomic E-state index is 12.8. The molecule has 0 N–H and O–H groups in total. The number of carbonyl (C=O) groups excluding carboxylic acids is 1. The Morgan fingerprint density at radius 2 is 2.33 bits per heavy atom. The Morgan fingerprint density at radius 1 is 1.53 bits per heavy atom. The van der Waals surface area contributed by atoms with Gasteiger partial charge in [0.05, 0.1) is 0 Å². The molecule has 3 nitrogen and oxygen atoms in total. The minimum atomic E-state index is -0.461. The smallest absolute Gasteiger partial charge is 0.263 e. The maximum Gasteiger partial charge on any atom is 0.263 e. The molecule has 1 aliphatic rings. The Hall–Kier alpha value is -1.58. The lowest BCUT2D eigenvalue weighted by atomic mass is 10.3. The molecule has 0 unspecified atom stereocenters. The number of rotatable bonds is 2. The number of likely N-dealkylation sites (tertiary alicyclic amines) is 1. The number of amides is 1. The second-order valence-electron chi connectivity index (χ2n) is 3.61. The summed E-state index contributed by atoms with van der Waals surface area (Å²) in [6, 6.07) is 5.84. The van der Waals surface area contributed by atoms with Crippen LogP contribution in [0.3, 0.4) is 0 Å². The van der Waals surface area contributed by atoms with Crippen molar-refractivity contribution in [1.82, 2.24) is 4.90 Å². The number of ether oxygens (including phenoxy) is 1. The first-order chi connectivity index (χ1) is 7.16. The number of benzene rings is 1. The van der Waals surface area contributed by atoms with Crippen LogP contribution in [0.15, 0.2) is 24.3 Å². The molecule has 1 aromatic rings. The molecule has 1 aromatic carbocycles. The number of halogens is 1. The van der Waals surface area contributed by atoms with E-state index in [9.17, 15) is 9.18 Å². The van der Waals surface area contributed by atoms with E-state index in [-0.39, 0.29) is 11.7 Å². The van der Waals surface area contributed by atoms with Gasteiger partial charge < -0.3 is 9.64 Å². The van der Waals surface area contributed by atoms with Gasteiger partial charge in [-0.1, -0.05) is 6.07 Å². The molecular weight excluding hydrogens is 197 g/mol. The molecular formula is C11H12FNO2. The minimum absolute atomic E-state index is 0.0424. The Labute approximate surface area is 87.5 Å². The van der Waals surface area contributed by atoms with Crippen molar-refractivity contribution in [2.24, 2.45) is 0 Å². The molecule has 0 radical (unpaired) electrons. The van der Waals surface area contributed by atoms with Crippen LogP contribution in [0, 0.1) is 5.82 Å². The number of hydrogen-bond donors (Lipinski definition) is 0. The van der Waals surface area contributed by atoms with Gasteiger partial charge >= 0.3 is 0 Å². The summed E-state index contributed by atoms with van der Waals surface area (Å²) in [4.78, 5) is 13.1. The van der Waals surface area contributed by atoms with Crippen LogP contribution in [0.2, 0.25) is 0 Å². The van der Waals surface area contributed by atoms with Crippen LogP contribution >= 0.6 is 0 Å². The summed E-state index contributed by atoms with van der Waals surface area (Å²) in [5, 5.41) is 0. The zero-order chi connectivity index (χ0) is 10.8. The largest absolute Gasteiger partial charge is 0.480 e. The van der Waals surface area contributed by atoms with Gasteiger partial charge in [-0.2, -0.15) is 0 Å². The van der Waals surface area contributed by atoms with Crippen molar-refractivity contribution in [3.05, 3.63) is 30.1 Å². The molecule has 1 saturated heterocycles. The van der Waals surface area contributed by atoms with Crippen molar-refractivity contribution in [3.8, 4) is 5.75 Å². The molecule has 0 saturated carbocycles. The minimum Gasteiger partial charge on any atom is -0.480 e. The molecule has 0 spiro atoms. The molecule has 1 atom stereocenters. The summed E-state index contributed by atoms with van der Waals surface area (Å²) < 4.78 is 18.2. The van der Waals surface area contributed by atoms with Gasteiger partial charge in [-0.05, 0) is 12.1 Å². The summed E-state index contributed by atoms with van der Waals surface area (Å²) in [6.07, 6.45) is 0.197. The molecule has 2 rings (SSSR count). The van der Waals surface area contributed by atoms with E-state index in [1.807, 2.05) is 0 Å². The van der Waals surface area contributed by atoms with Crippen LogP contribution in [-0.2, 0) is 4.79 Å². The fourth-order valence-electron chi connectivity index (χ4n) is 1.60. The van der Waals surface area contributed by atoms with Gasteiger partial charge in [0.25, 0.3) is 5.91 Å². The van der Waals surface area contributed by atoms with Crippen molar-refractivity contribution >= 4 is 5.91 Å². The summed E-state index contributed by atoms with van der Waals surface area (Å²) in [5.74, 6) is 0.00853. The molecule has 0 aromatic heterocycles. The van der Waals surface area contributed by atoms with Crippen LogP contribution in [0.4, 0.5) is 4.39 Å². The third kappa shape index (κ3) is 2.09. The van der Waals surface area contributed by atoms with E-state index < -0.39 is 6.10 Å². The summed E-state index contributed by atoms with van der Waals surface area (Å²) in [5.41, 5.74) is 0. The van der Waals surface area contributed by atoms with Gasteiger partial charge in [0.2, 0.25) is 0 Å². The second kappa shape index (κ2) is 3.88. The number of hydrogen-bond acceptors (Lipinski definition) is 2. The average molecular weight is 209 g/mol. The summed E-state index contributed by atoms with van der Waals surface area (Å²) in [6.45, 7) is 0.693. The zero-order valence-electron chi connectivity index (χ0n) is 8.44. The number of nitrogens with zero attached hydrogens (tertiary/aromatic N) is 1. The van der Waals surface area contributed by atoms with E-state index in [2.05, 4.69) is 0 Å². The SMILES string of the molecule is CN1CC[C@@H](Oc2cccc(F)c2)C1=O. The number of likely N-dealkylation sites (N-methyl/N-ethyl adjacent to an activating group) is 1. The monoisotopic (exact) mass is 209 g/mol. The fourth-order valence-corrected chi connectivity index (χ4v) is 1.60. The molecule has 15 heavy (non-hydrogen) atoms. The van der Waals surface area contributed by atoms with Crippen LogP contribution in [0.25, 0.3) is 0 Å². The Bertz CT molecular complexity index is 381. The van der Waals surface area contributed by atoms with Gasteiger partial charge in [-0.25, -0.2) is 4.39 Å².